The summed E-state index contributed by atoms with van der Waals surface area (Å²) in [5.41, 5.74) is 2.71. The predicted molar refractivity (Wildman–Crippen MR) is 161 cm³/mol. The fraction of sp³-hybridized carbons (Fsp3) is 0.258. The second-order valence-electron chi connectivity index (χ2n) is 10.2. The van der Waals surface area contributed by atoms with Crippen LogP contribution >= 0.6 is 11.3 Å². The third-order valence-corrected chi connectivity index (χ3v) is 10.3. The van der Waals surface area contributed by atoms with Gasteiger partial charge < -0.3 is 15.4 Å². The van der Waals surface area contributed by atoms with Crippen LogP contribution in [0.4, 0.5) is 5.69 Å². The predicted octanol–water partition coefficient (Wildman–Crippen LogP) is 4.40. The number of thiazole rings is 1. The summed E-state index contributed by atoms with van der Waals surface area (Å²) in [5.74, 6) is -0.925. The van der Waals surface area contributed by atoms with Gasteiger partial charge in [0.2, 0.25) is 9.84 Å². The number of anilines is 1. The number of aryl methyl sites for hydroxylation is 1. The maximum Gasteiger partial charge on any atom is 0.257 e. The van der Waals surface area contributed by atoms with Crippen molar-refractivity contribution in [3.63, 3.8) is 0 Å². The Morgan fingerprint density at radius 2 is 1.81 bits per heavy atom. The number of sulfone groups is 1. The highest BCUT2D eigenvalue weighted by Crippen LogP contribution is 2.34. The van der Waals surface area contributed by atoms with Crippen LogP contribution in [0.5, 0.6) is 0 Å². The molecule has 1 aromatic heterocycles. The summed E-state index contributed by atoms with van der Waals surface area (Å²) in [6.07, 6.45) is 3.89. The first-order chi connectivity index (χ1) is 20.4. The number of benzene rings is 3. The third kappa shape index (κ3) is 6.00. The van der Waals surface area contributed by atoms with Crippen molar-refractivity contribution in [3.05, 3.63) is 94.5 Å². The van der Waals surface area contributed by atoms with Crippen molar-refractivity contribution < 1.29 is 22.7 Å². The number of carbonyl (C=O) groups excluding carboxylic acids is 2. The van der Waals surface area contributed by atoms with E-state index in [0.29, 0.717) is 0 Å². The number of nitrogens with one attached hydrogen (secondary N) is 2. The summed E-state index contributed by atoms with van der Waals surface area (Å²) < 4.78 is 31.8. The van der Waals surface area contributed by atoms with Gasteiger partial charge in [0.25, 0.3) is 11.8 Å². The van der Waals surface area contributed by atoms with E-state index in [1.165, 1.54) is 47.2 Å². The lowest BCUT2D eigenvalue weighted by Gasteiger charge is -2.26. The van der Waals surface area contributed by atoms with Crippen LogP contribution in [0.25, 0.3) is 10.6 Å². The molecule has 216 valence electrons. The lowest BCUT2D eigenvalue weighted by atomic mass is 10.1. The molecule has 11 heteroatoms. The largest absolute Gasteiger partial charge is 0.379 e. The van der Waals surface area contributed by atoms with E-state index < -0.39 is 15.7 Å². The molecule has 0 aliphatic carbocycles. The number of amides is 2. The van der Waals surface area contributed by atoms with Crippen molar-refractivity contribution in [3.8, 4) is 10.6 Å². The average molecular weight is 603 g/mol. The summed E-state index contributed by atoms with van der Waals surface area (Å²) in [5, 5.41) is 6.38. The van der Waals surface area contributed by atoms with Crippen LogP contribution in [0, 0.1) is 0 Å². The quantitative estimate of drug-likeness (QED) is 0.307. The van der Waals surface area contributed by atoms with E-state index in [1.54, 1.807) is 18.3 Å². The van der Waals surface area contributed by atoms with Crippen LogP contribution in [0.15, 0.2) is 82.7 Å². The van der Waals surface area contributed by atoms with Crippen molar-refractivity contribution >= 4 is 38.7 Å². The van der Waals surface area contributed by atoms with Gasteiger partial charge in [0, 0.05) is 35.3 Å². The Morgan fingerprint density at radius 3 is 2.62 bits per heavy atom. The van der Waals surface area contributed by atoms with E-state index in [-0.39, 0.29) is 39.1 Å². The van der Waals surface area contributed by atoms with Crippen molar-refractivity contribution in [2.75, 3.05) is 38.2 Å². The first-order valence-corrected chi connectivity index (χ1v) is 16.1. The number of hydrogen-bond acceptors (Lipinski definition) is 8. The number of morpholine rings is 1. The summed E-state index contributed by atoms with van der Waals surface area (Å²) in [6, 6.07) is 18.7. The topological polar surface area (TPSA) is 118 Å². The first kappa shape index (κ1) is 28.2. The molecule has 0 radical (unpaired) electrons. The highest BCUT2D eigenvalue weighted by atomic mass is 32.2. The summed E-state index contributed by atoms with van der Waals surface area (Å²) >= 11 is 1.50. The summed E-state index contributed by atoms with van der Waals surface area (Å²) in [7, 11) is -3.93. The Morgan fingerprint density at radius 1 is 1.02 bits per heavy atom. The van der Waals surface area contributed by atoms with Crippen LogP contribution < -0.4 is 10.6 Å². The fourth-order valence-corrected chi connectivity index (χ4v) is 7.59. The van der Waals surface area contributed by atoms with E-state index in [4.69, 9.17) is 4.74 Å². The molecule has 2 aliphatic heterocycles. The molecule has 1 fully saturated rings. The van der Waals surface area contributed by atoms with Gasteiger partial charge in [-0.05, 0) is 55.3 Å². The van der Waals surface area contributed by atoms with Gasteiger partial charge in [0.15, 0.2) is 0 Å². The Hall–Kier alpha value is -3.90. The van der Waals surface area contributed by atoms with Gasteiger partial charge in [0.1, 0.15) is 5.01 Å². The normalized spacial score (nSPS) is 16.1. The molecule has 6 rings (SSSR count). The first-order valence-electron chi connectivity index (χ1n) is 13.8. The second-order valence-corrected chi connectivity index (χ2v) is 13.2. The molecule has 2 aliphatic rings. The molecule has 3 aromatic carbocycles. The minimum Gasteiger partial charge on any atom is -0.379 e. The third-order valence-electron chi connectivity index (χ3n) is 7.42. The Kier molecular flexibility index (Phi) is 8.16. The molecule has 9 nitrogen and oxygen atoms in total. The van der Waals surface area contributed by atoms with E-state index in [2.05, 4.69) is 44.8 Å². The summed E-state index contributed by atoms with van der Waals surface area (Å²) in [4.78, 5) is 33.4. The number of aromatic nitrogens is 1. The molecule has 42 heavy (non-hydrogen) atoms. The number of hydrogen-bond donors (Lipinski definition) is 2. The molecular weight excluding hydrogens is 572 g/mol. The highest BCUT2D eigenvalue weighted by Gasteiger charge is 2.31. The fourth-order valence-electron chi connectivity index (χ4n) is 5.14. The van der Waals surface area contributed by atoms with Gasteiger partial charge >= 0.3 is 0 Å². The van der Waals surface area contributed by atoms with E-state index in [1.807, 2.05) is 0 Å². The van der Waals surface area contributed by atoms with Crippen molar-refractivity contribution in [1.29, 1.82) is 0 Å². The summed E-state index contributed by atoms with van der Waals surface area (Å²) in [6.45, 7) is 5.02. The monoisotopic (exact) mass is 602 g/mol. The van der Waals surface area contributed by atoms with Gasteiger partial charge in [0.05, 0.1) is 40.8 Å². The molecule has 3 heterocycles. The minimum atomic E-state index is -3.93. The van der Waals surface area contributed by atoms with Crippen molar-refractivity contribution in [2.45, 2.75) is 29.2 Å². The SMILES string of the molecule is O=C(NCc1cnc(-c2ccc(CCCN3CCOCC3)cc2)s1)c1ccc2c(c1)NC(=O)c1ccccc1S2(=O)=O. The van der Waals surface area contributed by atoms with Gasteiger partial charge in [-0.2, -0.15) is 0 Å². The average Bonchev–Trinajstić information content (AvgIpc) is 3.47. The molecule has 2 amide bonds. The van der Waals surface area contributed by atoms with Crippen LogP contribution in [0.2, 0.25) is 0 Å². The number of carbonyl (C=O) groups is 2. The maximum absolute atomic E-state index is 13.2. The van der Waals surface area contributed by atoms with E-state index in [9.17, 15) is 18.0 Å². The Bertz CT molecular complexity index is 1730. The molecule has 2 N–H and O–H groups in total. The molecule has 0 saturated carbocycles. The molecular formula is C31H30N4O5S2. The molecule has 0 atom stereocenters. The number of ether oxygens (including phenoxy) is 1. The van der Waals surface area contributed by atoms with Crippen LogP contribution in [0.3, 0.4) is 0 Å². The molecule has 0 unspecified atom stereocenters. The Balaban J connectivity index is 1.06. The van der Waals surface area contributed by atoms with E-state index in [0.717, 1.165) is 61.1 Å². The highest BCUT2D eigenvalue weighted by molar-refractivity contribution is 7.91. The zero-order valence-electron chi connectivity index (χ0n) is 22.8. The molecule has 0 spiro atoms. The second kappa shape index (κ2) is 12.1. The smallest absolute Gasteiger partial charge is 0.257 e. The minimum absolute atomic E-state index is 0.0485. The number of rotatable bonds is 8. The molecule has 0 bridgehead atoms. The number of nitrogens with zero attached hydrogens (tertiary/aromatic N) is 2. The van der Waals surface area contributed by atoms with Crippen LogP contribution in [-0.4, -0.2) is 63.0 Å². The van der Waals surface area contributed by atoms with Crippen molar-refractivity contribution in [2.24, 2.45) is 0 Å². The van der Waals surface area contributed by atoms with Gasteiger partial charge in [-0.15, -0.1) is 11.3 Å². The Labute approximate surface area is 248 Å². The zero-order valence-corrected chi connectivity index (χ0v) is 24.5. The standard InChI is InChI=1S/C31H30N4O5S2/c36-29(23-11-12-28-26(18-23)34-30(37)25-5-1-2-6-27(25)42(28,38)39)32-19-24-20-33-31(41-24)22-9-7-21(8-10-22)4-3-13-35-14-16-40-17-15-35/h1-2,5-12,18,20H,3-4,13-17,19H2,(H,32,36)(H,34,37). The van der Waals surface area contributed by atoms with Gasteiger partial charge in [-0.3, -0.25) is 14.5 Å². The zero-order chi connectivity index (χ0) is 29.1. The number of fused-ring (bicyclic) bond motifs is 2. The van der Waals surface area contributed by atoms with Gasteiger partial charge in [-0.25, -0.2) is 13.4 Å². The van der Waals surface area contributed by atoms with Gasteiger partial charge in [-0.1, -0.05) is 36.4 Å². The lowest BCUT2D eigenvalue weighted by Crippen LogP contribution is -2.36. The molecule has 4 aromatic rings. The van der Waals surface area contributed by atoms with Crippen LogP contribution in [0.1, 0.15) is 37.6 Å². The van der Waals surface area contributed by atoms with Crippen LogP contribution in [-0.2, 0) is 27.5 Å². The van der Waals surface area contributed by atoms with E-state index >= 15 is 0 Å². The van der Waals surface area contributed by atoms with Crippen molar-refractivity contribution in [1.82, 2.24) is 15.2 Å². The lowest BCUT2D eigenvalue weighted by molar-refractivity contribution is 0.0374. The maximum atomic E-state index is 13.2. The molecule has 1 saturated heterocycles.